The predicted octanol–water partition coefficient (Wildman–Crippen LogP) is 18.2. The maximum atomic E-state index is 15.8. The Morgan fingerprint density at radius 1 is 0.371 bits per heavy atom. The highest BCUT2D eigenvalue weighted by molar-refractivity contribution is 6.24. The smallest absolute Gasteiger partial charge is 0.417 e. The molecule has 13 rings (SSSR count). The predicted molar refractivity (Wildman–Crippen MR) is 269 cm³/mol. The molecule has 0 aliphatic rings. The fourth-order valence-corrected chi connectivity index (χ4v) is 11.4. The summed E-state index contributed by atoms with van der Waals surface area (Å²) >= 11 is 0. The maximum Gasteiger partial charge on any atom is 0.417 e. The van der Waals surface area contributed by atoms with Crippen molar-refractivity contribution in [1.29, 1.82) is 0 Å². The molecule has 9 aromatic carbocycles. The normalized spacial score (nSPS) is 12.7. The van der Waals surface area contributed by atoms with Gasteiger partial charge in [0.1, 0.15) is 11.2 Å². The minimum Gasteiger partial charge on any atom is -0.454 e. The van der Waals surface area contributed by atoms with Crippen molar-refractivity contribution in [3.8, 4) is 33.6 Å². The minimum atomic E-state index is -4.85. The van der Waals surface area contributed by atoms with Crippen molar-refractivity contribution in [3.63, 3.8) is 0 Å². The standard InChI is InChI=1S/C60H38F6N2O2/c1-3-33-51(43-21-5-11-23-45(43)59(61,62)63)53(67-47-25-13-7-17-35(47)39-29-31-41-37-19-9-15-27-49(37)69-57(41)55(39)67)34(4-2)54(52(33)44-22-6-12-24-46(44)60(64,65)66)68-48-26-14-8-18-36(48)40-30-32-42-38-20-10-16-28-50(38)70-58(42)56(40)68/h5-32H,3-4H2,1-2H3. The highest BCUT2D eigenvalue weighted by Crippen LogP contribution is 2.54. The first-order valence-corrected chi connectivity index (χ1v) is 23.2. The molecule has 0 unspecified atom stereocenters. The van der Waals surface area contributed by atoms with E-state index in [2.05, 4.69) is 0 Å². The Bertz CT molecular complexity index is 4040. The number of benzene rings is 9. The van der Waals surface area contributed by atoms with E-state index in [1.807, 2.05) is 137 Å². The third-order valence-electron chi connectivity index (χ3n) is 14.2. The fourth-order valence-electron chi connectivity index (χ4n) is 11.4. The first kappa shape index (κ1) is 41.9. The third kappa shape index (κ3) is 5.85. The first-order chi connectivity index (χ1) is 34.0. The average molecular weight is 933 g/mol. The molecule has 0 amide bonds. The molecule has 0 N–H and O–H groups in total. The average Bonchev–Trinajstić information content (AvgIpc) is 4.13. The molecule has 0 radical (unpaired) electrons. The number of hydrogen-bond donors (Lipinski definition) is 0. The van der Waals surface area contributed by atoms with Gasteiger partial charge >= 0.3 is 12.4 Å². The number of nitrogens with zero attached hydrogens (tertiary/aromatic N) is 2. The molecular formula is C60H38F6N2O2. The Labute approximate surface area is 395 Å². The van der Waals surface area contributed by atoms with Gasteiger partial charge in [-0.1, -0.05) is 135 Å². The molecular weight excluding hydrogens is 895 g/mol. The molecule has 0 bridgehead atoms. The van der Waals surface area contributed by atoms with Gasteiger partial charge in [-0.05, 0) is 78.1 Å². The summed E-state index contributed by atoms with van der Waals surface area (Å²) in [6, 6.07) is 49.7. The van der Waals surface area contributed by atoms with Crippen LogP contribution < -0.4 is 0 Å². The van der Waals surface area contributed by atoms with Gasteiger partial charge in [0.15, 0.2) is 11.2 Å². The molecule has 0 aliphatic carbocycles. The van der Waals surface area contributed by atoms with Crippen LogP contribution in [0.25, 0.3) is 121 Å². The van der Waals surface area contributed by atoms with E-state index in [0.717, 1.165) is 55.2 Å². The van der Waals surface area contributed by atoms with Crippen LogP contribution in [0, 0.1) is 0 Å². The largest absolute Gasteiger partial charge is 0.454 e. The quantitative estimate of drug-likeness (QED) is 0.156. The number of para-hydroxylation sites is 4. The van der Waals surface area contributed by atoms with Gasteiger partial charge in [-0.15, -0.1) is 0 Å². The SMILES string of the molecule is CCc1c(-c2ccccc2C(F)(F)F)c(-n2c3ccccc3c3ccc4c5ccccc5oc4c32)c(CC)c(-n2c3ccccc3c3ccc4c5ccccc5oc4c32)c1-c1ccccc1C(F)(F)F. The van der Waals surface area contributed by atoms with Crippen LogP contribution in [0.2, 0.25) is 0 Å². The zero-order chi connectivity index (χ0) is 47.8. The summed E-state index contributed by atoms with van der Waals surface area (Å²) in [5.41, 5.74) is 4.78. The molecule has 4 nitrogen and oxygen atoms in total. The van der Waals surface area contributed by atoms with Gasteiger partial charge in [-0.25, -0.2) is 0 Å². The first-order valence-electron chi connectivity index (χ1n) is 23.2. The van der Waals surface area contributed by atoms with Crippen LogP contribution >= 0.6 is 0 Å². The van der Waals surface area contributed by atoms with Crippen molar-refractivity contribution in [2.75, 3.05) is 0 Å². The second kappa shape index (κ2) is 15.1. The molecule has 0 saturated carbocycles. The highest BCUT2D eigenvalue weighted by Gasteiger charge is 2.40. The summed E-state index contributed by atoms with van der Waals surface area (Å²) in [6.45, 7) is 3.72. The summed E-state index contributed by atoms with van der Waals surface area (Å²) in [5, 5.41) is 6.59. The lowest BCUT2D eigenvalue weighted by molar-refractivity contribution is -0.137. The van der Waals surface area contributed by atoms with Crippen molar-refractivity contribution >= 4 is 87.5 Å². The minimum absolute atomic E-state index is 0.0431. The van der Waals surface area contributed by atoms with Crippen LogP contribution in [0.4, 0.5) is 26.3 Å². The van der Waals surface area contributed by atoms with E-state index in [1.165, 1.54) is 24.3 Å². The number of aromatic nitrogens is 2. The topological polar surface area (TPSA) is 36.1 Å². The molecule has 13 aromatic rings. The van der Waals surface area contributed by atoms with Crippen LogP contribution in [0.3, 0.4) is 0 Å². The van der Waals surface area contributed by atoms with E-state index >= 15 is 26.3 Å². The summed E-state index contributed by atoms with van der Waals surface area (Å²) in [4.78, 5) is 0. The lowest BCUT2D eigenvalue weighted by Crippen LogP contribution is -2.16. The Morgan fingerprint density at radius 3 is 1.14 bits per heavy atom. The number of hydrogen-bond acceptors (Lipinski definition) is 2. The second-order valence-electron chi connectivity index (χ2n) is 17.8. The molecule has 0 aliphatic heterocycles. The third-order valence-corrected chi connectivity index (χ3v) is 14.2. The second-order valence-corrected chi connectivity index (χ2v) is 17.8. The van der Waals surface area contributed by atoms with Crippen molar-refractivity contribution in [2.24, 2.45) is 0 Å². The summed E-state index contributed by atoms with van der Waals surface area (Å²) < 4.78 is 112. The van der Waals surface area contributed by atoms with Gasteiger partial charge in [0.2, 0.25) is 0 Å². The van der Waals surface area contributed by atoms with Crippen LogP contribution in [-0.4, -0.2) is 9.13 Å². The number of rotatable bonds is 6. The summed E-state index contributed by atoms with van der Waals surface area (Å²) in [6.07, 6.45) is -9.48. The molecule has 0 saturated heterocycles. The van der Waals surface area contributed by atoms with E-state index < -0.39 is 23.5 Å². The van der Waals surface area contributed by atoms with Crippen LogP contribution in [0.5, 0.6) is 0 Å². The molecule has 10 heteroatoms. The molecule has 4 heterocycles. The van der Waals surface area contributed by atoms with E-state index in [1.54, 1.807) is 19.1 Å². The van der Waals surface area contributed by atoms with Crippen molar-refractivity contribution in [2.45, 2.75) is 39.0 Å². The van der Waals surface area contributed by atoms with Gasteiger partial charge in [0.25, 0.3) is 0 Å². The number of alkyl halides is 6. The number of furan rings is 2. The van der Waals surface area contributed by atoms with Gasteiger partial charge in [-0.2, -0.15) is 26.3 Å². The molecule has 70 heavy (non-hydrogen) atoms. The Morgan fingerprint density at radius 2 is 0.729 bits per heavy atom. The zero-order valence-corrected chi connectivity index (χ0v) is 37.6. The van der Waals surface area contributed by atoms with Gasteiger partial charge < -0.3 is 18.0 Å². The molecule has 0 fully saturated rings. The highest BCUT2D eigenvalue weighted by atomic mass is 19.4. The number of halogens is 6. The monoisotopic (exact) mass is 932 g/mol. The number of fused-ring (bicyclic) bond motifs is 14. The Kier molecular flexibility index (Phi) is 9.06. The fraction of sp³-hybridized carbons (Fsp3) is 0.100. The van der Waals surface area contributed by atoms with E-state index in [4.69, 9.17) is 8.83 Å². The van der Waals surface area contributed by atoms with Crippen molar-refractivity contribution < 1.29 is 35.2 Å². The molecule has 342 valence electrons. The van der Waals surface area contributed by atoms with Crippen LogP contribution in [0.1, 0.15) is 36.1 Å². The van der Waals surface area contributed by atoms with E-state index in [0.29, 0.717) is 66.9 Å². The van der Waals surface area contributed by atoms with Gasteiger partial charge in [0.05, 0.1) is 44.6 Å². The Balaban J connectivity index is 1.36. The molecule has 4 aromatic heterocycles. The van der Waals surface area contributed by atoms with E-state index in [9.17, 15) is 0 Å². The molecule has 0 spiro atoms. The lowest BCUT2D eigenvalue weighted by atomic mass is 9.81. The Hall–Kier alpha value is -8.24. The van der Waals surface area contributed by atoms with Crippen LogP contribution in [-0.2, 0) is 25.2 Å². The van der Waals surface area contributed by atoms with Crippen molar-refractivity contribution in [1.82, 2.24) is 9.13 Å². The summed E-state index contributed by atoms with van der Waals surface area (Å²) in [7, 11) is 0. The van der Waals surface area contributed by atoms with Gasteiger partial charge in [-0.3, -0.25) is 0 Å². The van der Waals surface area contributed by atoms with Crippen LogP contribution in [0.15, 0.2) is 179 Å². The van der Waals surface area contributed by atoms with E-state index in [-0.39, 0.29) is 35.1 Å². The molecule has 0 atom stereocenters. The van der Waals surface area contributed by atoms with Gasteiger partial charge in [0, 0.05) is 59.8 Å². The maximum absolute atomic E-state index is 15.8. The lowest BCUT2D eigenvalue weighted by Gasteiger charge is -2.30. The zero-order valence-electron chi connectivity index (χ0n) is 37.6. The van der Waals surface area contributed by atoms with Crippen molar-refractivity contribution in [3.05, 3.63) is 192 Å². The summed E-state index contributed by atoms with van der Waals surface area (Å²) in [5.74, 6) is 0.